The Kier molecular flexibility index (Phi) is 5.36. The van der Waals surface area contributed by atoms with Crippen LogP contribution in [0.1, 0.15) is 76.3 Å². The number of carbonyl (C=O) groups is 2. The monoisotopic (exact) mass is 396 g/mol. The van der Waals surface area contributed by atoms with Gasteiger partial charge in [-0.3, -0.25) is 9.59 Å². The molecule has 0 saturated heterocycles. The van der Waals surface area contributed by atoms with Crippen LogP contribution in [0.4, 0.5) is 0 Å². The first-order valence-electron chi connectivity index (χ1n) is 11.1. The number of fused-ring (bicyclic) bond motifs is 3. The second-order valence-corrected chi connectivity index (χ2v) is 8.88. The molecule has 2 unspecified atom stereocenters. The number of benzene rings is 1. The highest BCUT2D eigenvalue weighted by Crippen LogP contribution is 2.33. The molecule has 1 saturated carbocycles. The van der Waals surface area contributed by atoms with Gasteiger partial charge in [-0.15, -0.1) is 0 Å². The quantitative estimate of drug-likeness (QED) is 0.798. The van der Waals surface area contributed by atoms with Crippen LogP contribution in [-0.4, -0.2) is 43.9 Å². The maximum atomic E-state index is 13.6. The largest absolute Gasteiger partial charge is 0.351 e. The lowest BCUT2D eigenvalue weighted by Crippen LogP contribution is -2.67. The van der Waals surface area contributed by atoms with Crippen molar-refractivity contribution in [2.75, 3.05) is 0 Å². The van der Waals surface area contributed by atoms with Crippen LogP contribution in [0.15, 0.2) is 24.3 Å². The molecule has 1 N–H and O–H groups in total. The first-order valence-corrected chi connectivity index (χ1v) is 11.1. The highest BCUT2D eigenvalue weighted by molar-refractivity contribution is 6.01. The molecule has 156 valence electrons. The number of nitrogens with zero attached hydrogens (tertiary/aromatic N) is 3. The lowest BCUT2D eigenvalue weighted by Gasteiger charge is -2.46. The Bertz CT molecular complexity index is 913. The van der Waals surface area contributed by atoms with Gasteiger partial charge in [-0.05, 0) is 45.2 Å². The molecule has 2 aliphatic rings. The van der Waals surface area contributed by atoms with E-state index in [2.05, 4.69) is 17.2 Å². The number of carbonyl (C=O) groups excluding carboxylic acids is 2. The van der Waals surface area contributed by atoms with Crippen LogP contribution < -0.4 is 5.32 Å². The number of hydrogen-bond acceptors (Lipinski definition) is 3. The lowest BCUT2D eigenvalue weighted by molar-refractivity contribution is -0.135. The summed E-state index contributed by atoms with van der Waals surface area (Å²) in [5.74, 6) is 0.244. The summed E-state index contributed by atoms with van der Waals surface area (Å²) in [6, 6.07) is 7.94. The van der Waals surface area contributed by atoms with E-state index in [0.717, 1.165) is 43.1 Å². The molecule has 6 heteroatoms. The minimum atomic E-state index is -0.935. The van der Waals surface area contributed by atoms with Crippen molar-refractivity contribution in [3.8, 4) is 0 Å². The van der Waals surface area contributed by atoms with Gasteiger partial charge in [0.1, 0.15) is 5.54 Å². The van der Waals surface area contributed by atoms with Crippen molar-refractivity contribution in [1.29, 1.82) is 0 Å². The third kappa shape index (κ3) is 3.43. The molecule has 4 rings (SSSR count). The number of para-hydroxylation sites is 2. The standard InChI is InChI=1S/C23H32N4O2/c1-4-16(2)27-21(28)20-25-18-13-9-10-14-19(18)26(20)15-23(27,3)22(29)24-17-11-7-5-6-8-12-17/h9-10,13-14,16-17H,4-8,11-12,15H2,1-3H3,(H,24,29). The van der Waals surface area contributed by atoms with E-state index in [1.165, 1.54) is 12.8 Å². The van der Waals surface area contributed by atoms with E-state index in [4.69, 9.17) is 0 Å². The fraction of sp³-hybridized carbons (Fsp3) is 0.609. The SMILES string of the molecule is CCC(C)N1C(=O)c2nc3ccccc3n2CC1(C)C(=O)NC1CCCCCC1. The number of hydrogen-bond donors (Lipinski definition) is 1. The molecule has 1 aliphatic carbocycles. The molecule has 1 fully saturated rings. The van der Waals surface area contributed by atoms with Crippen LogP contribution in [0, 0.1) is 0 Å². The summed E-state index contributed by atoms with van der Waals surface area (Å²) in [6.45, 7) is 6.42. The fourth-order valence-corrected chi connectivity index (χ4v) is 4.93. The van der Waals surface area contributed by atoms with E-state index < -0.39 is 5.54 Å². The highest BCUT2D eigenvalue weighted by atomic mass is 16.2. The van der Waals surface area contributed by atoms with E-state index in [-0.39, 0.29) is 23.9 Å². The summed E-state index contributed by atoms with van der Waals surface area (Å²) < 4.78 is 1.93. The summed E-state index contributed by atoms with van der Waals surface area (Å²) in [7, 11) is 0. The number of aromatic nitrogens is 2. The second kappa shape index (κ2) is 7.81. The van der Waals surface area contributed by atoms with Gasteiger partial charge in [-0.25, -0.2) is 4.98 Å². The van der Waals surface area contributed by atoms with E-state index in [9.17, 15) is 9.59 Å². The van der Waals surface area contributed by atoms with Crippen LogP contribution in [0.25, 0.3) is 11.0 Å². The van der Waals surface area contributed by atoms with Crippen molar-refractivity contribution in [3.05, 3.63) is 30.1 Å². The predicted molar refractivity (Wildman–Crippen MR) is 114 cm³/mol. The normalized spacial score (nSPS) is 24.2. The van der Waals surface area contributed by atoms with E-state index in [1.807, 2.05) is 42.7 Å². The van der Waals surface area contributed by atoms with Gasteiger partial charge in [0.2, 0.25) is 5.91 Å². The molecule has 0 spiro atoms. The van der Waals surface area contributed by atoms with Gasteiger partial charge < -0.3 is 14.8 Å². The average Bonchev–Trinajstić information content (AvgIpc) is 2.89. The molecule has 2 heterocycles. The molecule has 0 radical (unpaired) electrons. The van der Waals surface area contributed by atoms with Gasteiger partial charge in [-0.2, -0.15) is 0 Å². The Morgan fingerprint density at radius 2 is 1.93 bits per heavy atom. The smallest absolute Gasteiger partial charge is 0.291 e. The second-order valence-electron chi connectivity index (χ2n) is 8.88. The van der Waals surface area contributed by atoms with Gasteiger partial charge in [0.05, 0.1) is 17.6 Å². The number of imidazole rings is 1. The van der Waals surface area contributed by atoms with Crippen molar-refractivity contribution in [1.82, 2.24) is 19.8 Å². The zero-order valence-corrected chi connectivity index (χ0v) is 17.8. The maximum Gasteiger partial charge on any atom is 0.291 e. The van der Waals surface area contributed by atoms with Crippen LogP contribution in [-0.2, 0) is 11.3 Å². The van der Waals surface area contributed by atoms with Crippen LogP contribution in [0.3, 0.4) is 0 Å². The summed E-state index contributed by atoms with van der Waals surface area (Å²) in [4.78, 5) is 33.5. The molecule has 0 bridgehead atoms. The van der Waals surface area contributed by atoms with Crippen molar-refractivity contribution in [2.24, 2.45) is 0 Å². The Labute approximate surface area is 172 Å². The average molecular weight is 397 g/mol. The first-order chi connectivity index (χ1) is 14.0. The van der Waals surface area contributed by atoms with Gasteiger partial charge in [0, 0.05) is 12.1 Å². The van der Waals surface area contributed by atoms with Gasteiger partial charge in [0.15, 0.2) is 5.82 Å². The number of rotatable bonds is 4. The molecular formula is C23H32N4O2. The van der Waals surface area contributed by atoms with E-state index in [0.29, 0.717) is 12.4 Å². The summed E-state index contributed by atoms with van der Waals surface area (Å²) in [6.07, 6.45) is 7.64. The zero-order valence-electron chi connectivity index (χ0n) is 17.8. The third-order valence-electron chi connectivity index (χ3n) is 6.77. The summed E-state index contributed by atoms with van der Waals surface area (Å²) in [5, 5.41) is 3.30. The fourth-order valence-electron chi connectivity index (χ4n) is 4.93. The molecule has 1 aromatic heterocycles. The van der Waals surface area contributed by atoms with Crippen molar-refractivity contribution in [3.63, 3.8) is 0 Å². The molecular weight excluding hydrogens is 364 g/mol. The summed E-state index contributed by atoms with van der Waals surface area (Å²) >= 11 is 0. The van der Waals surface area contributed by atoms with Crippen LogP contribution >= 0.6 is 0 Å². The molecule has 1 aliphatic heterocycles. The van der Waals surface area contributed by atoms with Crippen molar-refractivity contribution >= 4 is 22.8 Å². The van der Waals surface area contributed by atoms with E-state index in [1.54, 1.807) is 4.90 Å². The summed E-state index contributed by atoms with van der Waals surface area (Å²) in [5.41, 5.74) is 0.775. The number of amides is 2. The highest BCUT2D eigenvalue weighted by Gasteiger charge is 2.50. The minimum absolute atomic E-state index is 0.0403. The first kappa shape index (κ1) is 19.9. The maximum absolute atomic E-state index is 13.6. The molecule has 2 amide bonds. The van der Waals surface area contributed by atoms with E-state index >= 15 is 0 Å². The van der Waals surface area contributed by atoms with Crippen molar-refractivity contribution in [2.45, 2.75) is 89.9 Å². The van der Waals surface area contributed by atoms with Gasteiger partial charge >= 0.3 is 0 Å². The van der Waals surface area contributed by atoms with Crippen molar-refractivity contribution < 1.29 is 9.59 Å². The van der Waals surface area contributed by atoms with Gasteiger partial charge in [0.25, 0.3) is 5.91 Å². The van der Waals surface area contributed by atoms with Gasteiger partial charge in [-0.1, -0.05) is 44.7 Å². The predicted octanol–water partition coefficient (Wildman–Crippen LogP) is 3.89. The Morgan fingerprint density at radius 1 is 1.24 bits per heavy atom. The molecule has 1 aromatic carbocycles. The molecule has 6 nitrogen and oxygen atoms in total. The van der Waals surface area contributed by atoms with Crippen LogP contribution in [0.5, 0.6) is 0 Å². The Morgan fingerprint density at radius 3 is 2.62 bits per heavy atom. The topological polar surface area (TPSA) is 67.2 Å². The Balaban J connectivity index is 1.72. The van der Waals surface area contributed by atoms with Crippen LogP contribution in [0.2, 0.25) is 0 Å². The Hall–Kier alpha value is -2.37. The molecule has 2 aromatic rings. The molecule has 29 heavy (non-hydrogen) atoms. The lowest BCUT2D eigenvalue weighted by atomic mass is 9.92. The molecule has 2 atom stereocenters. The zero-order chi connectivity index (χ0) is 20.6. The minimum Gasteiger partial charge on any atom is -0.351 e. The third-order valence-corrected chi connectivity index (χ3v) is 6.77. The number of nitrogens with one attached hydrogen (secondary N) is 1.